The van der Waals surface area contributed by atoms with Gasteiger partial charge in [-0.2, -0.15) is 0 Å². The molecule has 0 aromatic heterocycles. The Morgan fingerprint density at radius 3 is 2.89 bits per heavy atom. The topological polar surface area (TPSA) is 114 Å². The number of hydrogen-bond acceptors (Lipinski definition) is 5. The Morgan fingerprint density at radius 1 is 1.67 bits per heavy atom. The highest BCUT2D eigenvalue weighted by molar-refractivity contribution is 7.89. The molecule has 0 aromatic rings. The summed E-state index contributed by atoms with van der Waals surface area (Å²) < 4.78 is 31.6. The van der Waals surface area contributed by atoms with Crippen LogP contribution in [0.5, 0.6) is 0 Å². The van der Waals surface area contributed by atoms with Gasteiger partial charge in [0.1, 0.15) is 5.84 Å². The van der Waals surface area contributed by atoms with Crippen molar-refractivity contribution < 1.29 is 18.4 Å². The number of amidine groups is 1. The quantitative estimate of drug-likeness (QED) is 0.263. The van der Waals surface area contributed by atoms with Crippen molar-refractivity contribution in [2.75, 3.05) is 12.4 Å². The van der Waals surface area contributed by atoms with Gasteiger partial charge < -0.3 is 15.7 Å². The third kappa shape index (κ3) is 5.19. The van der Waals surface area contributed by atoms with E-state index in [0.717, 1.165) is 12.8 Å². The summed E-state index contributed by atoms with van der Waals surface area (Å²) >= 11 is 0. The number of nitrogens with two attached hydrogens (primary N) is 1. The molecule has 8 heteroatoms. The molecule has 0 aromatic carbocycles. The highest BCUT2D eigenvalue weighted by atomic mass is 32.2. The summed E-state index contributed by atoms with van der Waals surface area (Å²) in [4.78, 5) is 0. The zero-order valence-corrected chi connectivity index (χ0v) is 11.3. The van der Waals surface area contributed by atoms with E-state index >= 15 is 0 Å². The third-order valence-electron chi connectivity index (χ3n) is 2.85. The van der Waals surface area contributed by atoms with E-state index in [2.05, 4.69) is 9.88 Å². The Morgan fingerprint density at radius 2 is 2.39 bits per heavy atom. The van der Waals surface area contributed by atoms with Crippen LogP contribution in [0.4, 0.5) is 0 Å². The molecular weight excluding hydrogens is 258 g/mol. The van der Waals surface area contributed by atoms with Crippen molar-refractivity contribution in [1.82, 2.24) is 4.72 Å². The molecule has 2 unspecified atom stereocenters. The van der Waals surface area contributed by atoms with Gasteiger partial charge in [-0.3, -0.25) is 0 Å². The summed E-state index contributed by atoms with van der Waals surface area (Å²) in [5, 5.41) is 11.3. The van der Waals surface area contributed by atoms with Gasteiger partial charge in [-0.25, -0.2) is 13.1 Å². The fourth-order valence-corrected chi connectivity index (χ4v) is 3.49. The average Bonchev–Trinajstić information content (AvgIpc) is 2.79. The predicted octanol–water partition coefficient (Wildman–Crippen LogP) is -0.0001000. The van der Waals surface area contributed by atoms with Crippen molar-refractivity contribution in [1.29, 1.82) is 0 Å². The van der Waals surface area contributed by atoms with E-state index in [1.807, 2.05) is 6.92 Å². The summed E-state index contributed by atoms with van der Waals surface area (Å²) in [6.07, 6.45) is 2.22. The van der Waals surface area contributed by atoms with Crippen LogP contribution in [0.3, 0.4) is 0 Å². The number of sulfonamides is 1. The van der Waals surface area contributed by atoms with E-state index in [-0.39, 0.29) is 30.2 Å². The van der Waals surface area contributed by atoms with Gasteiger partial charge in [-0.1, -0.05) is 12.1 Å². The molecule has 0 spiro atoms. The minimum atomic E-state index is -3.40. The monoisotopic (exact) mass is 279 g/mol. The zero-order valence-electron chi connectivity index (χ0n) is 10.5. The average molecular weight is 279 g/mol. The molecule has 0 amide bonds. The number of nitrogens with one attached hydrogen (secondary N) is 1. The smallest absolute Gasteiger partial charge is 0.214 e. The van der Waals surface area contributed by atoms with Crippen LogP contribution in [-0.4, -0.2) is 44.0 Å². The van der Waals surface area contributed by atoms with E-state index in [1.165, 1.54) is 0 Å². The van der Waals surface area contributed by atoms with Gasteiger partial charge in [-0.05, 0) is 19.3 Å². The lowest BCUT2D eigenvalue weighted by Gasteiger charge is -2.18. The number of rotatable bonds is 7. The number of nitrogens with zero attached hydrogens (tertiary/aromatic N) is 1. The maximum atomic E-state index is 11.9. The lowest BCUT2D eigenvalue weighted by molar-refractivity contribution is 0.127. The normalized spacial score (nSPS) is 23.2. The Kier molecular flexibility index (Phi) is 5.83. The molecule has 7 nitrogen and oxygen atoms in total. The van der Waals surface area contributed by atoms with Crippen LogP contribution >= 0.6 is 0 Å². The molecule has 1 rings (SSSR count). The van der Waals surface area contributed by atoms with Crippen molar-refractivity contribution in [3.8, 4) is 0 Å². The van der Waals surface area contributed by atoms with Crippen molar-refractivity contribution in [2.24, 2.45) is 10.9 Å². The van der Waals surface area contributed by atoms with Crippen molar-refractivity contribution in [3.63, 3.8) is 0 Å². The largest absolute Gasteiger partial charge is 0.409 e. The molecule has 2 atom stereocenters. The van der Waals surface area contributed by atoms with Crippen molar-refractivity contribution in [3.05, 3.63) is 0 Å². The fraction of sp³-hybridized carbons (Fsp3) is 0.900. The first-order chi connectivity index (χ1) is 8.46. The van der Waals surface area contributed by atoms with E-state index < -0.39 is 10.0 Å². The molecule has 106 valence electrons. The summed E-state index contributed by atoms with van der Waals surface area (Å²) in [6, 6.07) is -0.354. The van der Waals surface area contributed by atoms with Gasteiger partial charge in [0.25, 0.3) is 0 Å². The number of hydrogen-bond donors (Lipinski definition) is 3. The van der Waals surface area contributed by atoms with Crippen LogP contribution in [0.25, 0.3) is 0 Å². The second-order valence-corrected chi connectivity index (χ2v) is 6.23. The maximum absolute atomic E-state index is 11.9. The molecule has 0 saturated carbocycles. The SMILES string of the molecule is CCC(CC(N)=NO)NS(=O)(=O)CC1CCCO1. The van der Waals surface area contributed by atoms with Gasteiger partial charge in [0, 0.05) is 19.1 Å². The van der Waals surface area contributed by atoms with Crippen LogP contribution in [0.2, 0.25) is 0 Å². The molecule has 4 N–H and O–H groups in total. The number of ether oxygens (including phenoxy) is 1. The predicted molar refractivity (Wildman–Crippen MR) is 68.0 cm³/mol. The van der Waals surface area contributed by atoms with Gasteiger partial charge in [0.15, 0.2) is 0 Å². The Hall–Kier alpha value is -0.860. The Labute approximate surface area is 107 Å². The minimum absolute atomic E-state index is 0.0154. The molecule has 1 fully saturated rings. The molecule has 1 aliphatic heterocycles. The lowest BCUT2D eigenvalue weighted by Crippen LogP contribution is -2.40. The molecule has 0 radical (unpaired) electrons. The first-order valence-electron chi connectivity index (χ1n) is 6.05. The highest BCUT2D eigenvalue weighted by Gasteiger charge is 2.25. The highest BCUT2D eigenvalue weighted by Crippen LogP contribution is 2.14. The molecule has 1 aliphatic rings. The second-order valence-electron chi connectivity index (χ2n) is 4.43. The summed E-state index contributed by atoms with van der Waals surface area (Å²) in [6.45, 7) is 2.46. The molecule has 0 bridgehead atoms. The Balaban J connectivity index is 2.50. The van der Waals surface area contributed by atoms with E-state index in [1.54, 1.807) is 0 Å². The van der Waals surface area contributed by atoms with Gasteiger partial charge in [0.2, 0.25) is 10.0 Å². The first-order valence-corrected chi connectivity index (χ1v) is 7.70. The van der Waals surface area contributed by atoms with Gasteiger partial charge in [-0.15, -0.1) is 0 Å². The van der Waals surface area contributed by atoms with Crippen molar-refractivity contribution >= 4 is 15.9 Å². The van der Waals surface area contributed by atoms with Crippen LogP contribution < -0.4 is 10.5 Å². The molecule has 0 aliphatic carbocycles. The molecule has 18 heavy (non-hydrogen) atoms. The first kappa shape index (κ1) is 15.2. The lowest BCUT2D eigenvalue weighted by atomic mass is 10.1. The molecule has 1 heterocycles. The Bertz CT molecular complexity index is 377. The summed E-state index contributed by atoms with van der Waals surface area (Å²) in [7, 11) is -3.40. The standard InChI is InChI=1S/C10H21N3O4S/c1-2-8(6-10(11)12-14)13-18(15,16)7-9-4-3-5-17-9/h8-9,13-14H,2-7H2,1H3,(H2,11,12). The van der Waals surface area contributed by atoms with E-state index in [0.29, 0.717) is 13.0 Å². The second kappa shape index (κ2) is 6.91. The van der Waals surface area contributed by atoms with Crippen LogP contribution in [0.15, 0.2) is 5.16 Å². The summed E-state index contributed by atoms with van der Waals surface area (Å²) in [5.41, 5.74) is 5.37. The maximum Gasteiger partial charge on any atom is 0.214 e. The van der Waals surface area contributed by atoms with Crippen LogP contribution in [-0.2, 0) is 14.8 Å². The molecule has 1 saturated heterocycles. The summed E-state index contributed by atoms with van der Waals surface area (Å²) in [5.74, 6) is -0.0127. The number of oxime groups is 1. The van der Waals surface area contributed by atoms with Crippen LogP contribution in [0.1, 0.15) is 32.6 Å². The van der Waals surface area contributed by atoms with Gasteiger partial charge in [0.05, 0.1) is 11.9 Å². The van der Waals surface area contributed by atoms with Crippen molar-refractivity contribution in [2.45, 2.75) is 44.8 Å². The third-order valence-corrected chi connectivity index (χ3v) is 4.36. The molecular formula is C10H21N3O4S. The van der Waals surface area contributed by atoms with Gasteiger partial charge >= 0.3 is 0 Å². The zero-order chi connectivity index (χ0) is 13.6. The van der Waals surface area contributed by atoms with Crippen LogP contribution in [0, 0.1) is 0 Å². The minimum Gasteiger partial charge on any atom is -0.409 e. The van der Waals surface area contributed by atoms with E-state index in [4.69, 9.17) is 15.7 Å². The van der Waals surface area contributed by atoms with E-state index in [9.17, 15) is 8.42 Å². The fourth-order valence-electron chi connectivity index (χ4n) is 1.89.